The Labute approximate surface area is 122 Å². The van der Waals surface area contributed by atoms with Gasteiger partial charge in [-0.3, -0.25) is 0 Å². The summed E-state index contributed by atoms with van der Waals surface area (Å²) in [6.45, 7) is 7.71. The normalized spacial score (nSPS) is 21.6. The summed E-state index contributed by atoms with van der Waals surface area (Å²) < 4.78 is 5.70. The molecule has 0 spiro atoms. The highest BCUT2D eigenvalue weighted by atomic mass is 16.5. The SMILES string of the molecule is CCc1cccc(OC[C@@H](O)CN2CCC[C@@H](C)C2)c1. The van der Waals surface area contributed by atoms with E-state index in [4.69, 9.17) is 4.74 Å². The Hall–Kier alpha value is -1.06. The van der Waals surface area contributed by atoms with Gasteiger partial charge in [0.25, 0.3) is 0 Å². The van der Waals surface area contributed by atoms with E-state index in [1.807, 2.05) is 12.1 Å². The average Bonchev–Trinajstić information content (AvgIpc) is 2.45. The number of hydrogen-bond donors (Lipinski definition) is 1. The highest BCUT2D eigenvalue weighted by Crippen LogP contribution is 2.16. The van der Waals surface area contributed by atoms with Gasteiger partial charge in [0.05, 0.1) is 0 Å². The molecule has 1 saturated heterocycles. The quantitative estimate of drug-likeness (QED) is 0.868. The van der Waals surface area contributed by atoms with Crippen molar-refractivity contribution in [1.82, 2.24) is 4.90 Å². The van der Waals surface area contributed by atoms with E-state index in [1.165, 1.54) is 18.4 Å². The van der Waals surface area contributed by atoms with E-state index in [2.05, 4.69) is 30.9 Å². The number of piperidine rings is 1. The van der Waals surface area contributed by atoms with E-state index in [0.717, 1.165) is 37.7 Å². The molecule has 3 heteroatoms. The van der Waals surface area contributed by atoms with Crippen LogP contribution in [-0.4, -0.2) is 42.4 Å². The highest BCUT2D eigenvalue weighted by Gasteiger charge is 2.19. The van der Waals surface area contributed by atoms with E-state index < -0.39 is 6.10 Å². The lowest BCUT2D eigenvalue weighted by molar-refractivity contribution is 0.0537. The zero-order valence-corrected chi connectivity index (χ0v) is 12.7. The Morgan fingerprint density at radius 2 is 2.30 bits per heavy atom. The van der Waals surface area contributed by atoms with E-state index >= 15 is 0 Å². The molecule has 0 saturated carbocycles. The number of ether oxygens (including phenoxy) is 1. The van der Waals surface area contributed by atoms with Crippen LogP contribution in [0.15, 0.2) is 24.3 Å². The van der Waals surface area contributed by atoms with Crippen molar-refractivity contribution in [2.45, 2.75) is 39.2 Å². The number of β-amino-alcohol motifs (C(OH)–C–C–N with tert-alkyl or cyclic N) is 1. The summed E-state index contributed by atoms with van der Waals surface area (Å²) in [5.41, 5.74) is 1.27. The second-order valence-corrected chi connectivity index (χ2v) is 5.97. The van der Waals surface area contributed by atoms with Crippen LogP contribution in [0.25, 0.3) is 0 Å². The van der Waals surface area contributed by atoms with Crippen molar-refractivity contribution in [3.8, 4) is 5.75 Å². The van der Waals surface area contributed by atoms with Crippen LogP contribution >= 0.6 is 0 Å². The zero-order valence-electron chi connectivity index (χ0n) is 12.7. The van der Waals surface area contributed by atoms with Crippen LogP contribution in [0.4, 0.5) is 0 Å². The summed E-state index contributed by atoms with van der Waals surface area (Å²) in [7, 11) is 0. The first-order chi connectivity index (χ1) is 9.67. The highest BCUT2D eigenvalue weighted by molar-refractivity contribution is 5.28. The lowest BCUT2D eigenvalue weighted by atomic mass is 10.0. The number of benzene rings is 1. The predicted molar refractivity (Wildman–Crippen MR) is 82.2 cm³/mol. The third kappa shape index (κ3) is 4.80. The van der Waals surface area contributed by atoms with Gasteiger partial charge in [0.1, 0.15) is 18.5 Å². The van der Waals surface area contributed by atoms with Gasteiger partial charge in [0, 0.05) is 13.1 Å². The van der Waals surface area contributed by atoms with Crippen LogP contribution in [0.1, 0.15) is 32.3 Å². The molecular weight excluding hydrogens is 250 g/mol. The minimum Gasteiger partial charge on any atom is -0.491 e. The molecule has 0 unspecified atom stereocenters. The van der Waals surface area contributed by atoms with Crippen molar-refractivity contribution in [1.29, 1.82) is 0 Å². The summed E-state index contributed by atoms with van der Waals surface area (Å²) in [5.74, 6) is 1.61. The topological polar surface area (TPSA) is 32.7 Å². The van der Waals surface area contributed by atoms with Gasteiger partial charge in [-0.1, -0.05) is 26.0 Å². The number of nitrogens with zero attached hydrogens (tertiary/aromatic N) is 1. The van der Waals surface area contributed by atoms with Crippen LogP contribution < -0.4 is 4.74 Å². The van der Waals surface area contributed by atoms with Crippen LogP contribution in [-0.2, 0) is 6.42 Å². The van der Waals surface area contributed by atoms with Gasteiger partial charge in [-0.25, -0.2) is 0 Å². The standard InChI is InChI=1S/C17H27NO2/c1-3-15-7-4-8-17(10-15)20-13-16(19)12-18-9-5-6-14(2)11-18/h4,7-8,10,14,16,19H,3,5-6,9,11-13H2,1-2H3/t14-,16+/m1/s1. The number of likely N-dealkylation sites (tertiary alicyclic amines) is 1. The molecule has 0 radical (unpaired) electrons. The molecular formula is C17H27NO2. The third-order valence-electron chi connectivity index (χ3n) is 3.96. The number of hydrogen-bond acceptors (Lipinski definition) is 3. The molecule has 1 fully saturated rings. The molecule has 0 aliphatic carbocycles. The second-order valence-electron chi connectivity index (χ2n) is 5.97. The van der Waals surface area contributed by atoms with Crippen molar-refractivity contribution >= 4 is 0 Å². The summed E-state index contributed by atoms with van der Waals surface area (Å²) in [5, 5.41) is 10.1. The van der Waals surface area contributed by atoms with Gasteiger partial charge in [0.15, 0.2) is 0 Å². The number of aliphatic hydroxyl groups excluding tert-OH is 1. The zero-order chi connectivity index (χ0) is 14.4. The number of rotatable bonds is 6. The minimum absolute atomic E-state index is 0.373. The molecule has 1 heterocycles. The number of aryl methyl sites for hydroxylation is 1. The van der Waals surface area contributed by atoms with E-state index in [1.54, 1.807) is 0 Å². The Kier molecular flexibility index (Phi) is 5.86. The Morgan fingerprint density at radius 1 is 1.45 bits per heavy atom. The largest absolute Gasteiger partial charge is 0.491 e. The molecule has 0 amide bonds. The van der Waals surface area contributed by atoms with Crippen molar-refractivity contribution < 1.29 is 9.84 Å². The van der Waals surface area contributed by atoms with Crippen molar-refractivity contribution in [3.05, 3.63) is 29.8 Å². The van der Waals surface area contributed by atoms with Gasteiger partial charge in [-0.15, -0.1) is 0 Å². The molecule has 1 N–H and O–H groups in total. The number of aliphatic hydroxyl groups is 1. The lowest BCUT2D eigenvalue weighted by Gasteiger charge is -2.32. The van der Waals surface area contributed by atoms with Gasteiger partial charge in [0.2, 0.25) is 0 Å². The van der Waals surface area contributed by atoms with Crippen molar-refractivity contribution in [2.24, 2.45) is 5.92 Å². The van der Waals surface area contributed by atoms with E-state index in [-0.39, 0.29) is 0 Å². The maximum atomic E-state index is 10.1. The van der Waals surface area contributed by atoms with Crippen LogP contribution in [0.5, 0.6) is 5.75 Å². The molecule has 1 aromatic rings. The maximum Gasteiger partial charge on any atom is 0.119 e. The molecule has 1 aromatic carbocycles. The molecule has 1 aliphatic rings. The Bertz CT molecular complexity index is 408. The molecule has 2 atom stereocenters. The van der Waals surface area contributed by atoms with Gasteiger partial charge >= 0.3 is 0 Å². The fraction of sp³-hybridized carbons (Fsp3) is 0.647. The lowest BCUT2D eigenvalue weighted by Crippen LogP contribution is -2.41. The van der Waals surface area contributed by atoms with Crippen LogP contribution in [0.3, 0.4) is 0 Å². The monoisotopic (exact) mass is 277 g/mol. The summed E-state index contributed by atoms with van der Waals surface area (Å²) in [4.78, 5) is 2.35. The van der Waals surface area contributed by atoms with Gasteiger partial charge in [-0.2, -0.15) is 0 Å². The fourth-order valence-electron chi connectivity index (χ4n) is 2.85. The molecule has 0 aromatic heterocycles. The first-order valence-corrected chi connectivity index (χ1v) is 7.79. The van der Waals surface area contributed by atoms with Crippen LogP contribution in [0.2, 0.25) is 0 Å². The minimum atomic E-state index is -0.411. The van der Waals surface area contributed by atoms with Gasteiger partial charge in [-0.05, 0) is 49.4 Å². The first kappa shape index (κ1) is 15.3. The third-order valence-corrected chi connectivity index (χ3v) is 3.96. The maximum absolute atomic E-state index is 10.1. The average molecular weight is 277 g/mol. The van der Waals surface area contributed by atoms with E-state index in [0.29, 0.717) is 6.61 Å². The molecule has 112 valence electrons. The smallest absolute Gasteiger partial charge is 0.119 e. The Morgan fingerprint density at radius 3 is 3.05 bits per heavy atom. The van der Waals surface area contributed by atoms with E-state index in [9.17, 15) is 5.11 Å². The molecule has 1 aliphatic heterocycles. The molecule has 2 rings (SSSR count). The Balaban J connectivity index is 1.75. The molecule has 0 bridgehead atoms. The molecule has 3 nitrogen and oxygen atoms in total. The summed E-state index contributed by atoms with van der Waals surface area (Å²) in [6.07, 6.45) is 3.15. The molecule has 20 heavy (non-hydrogen) atoms. The first-order valence-electron chi connectivity index (χ1n) is 7.79. The fourth-order valence-corrected chi connectivity index (χ4v) is 2.85. The van der Waals surface area contributed by atoms with Crippen molar-refractivity contribution in [2.75, 3.05) is 26.2 Å². The van der Waals surface area contributed by atoms with Gasteiger partial charge < -0.3 is 14.7 Å². The summed E-state index contributed by atoms with van der Waals surface area (Å²) in [6, 6.07) is 8.11. The van der Waals surface area contributed by atoms with Crippen LogP contribution in [0, 0.1) is 5.92 Å². The second kappa shape index (κ2) is 7.65. The van der Waals surface area contributed by atoms with Crippen molar-refractivity contribution in [3.63, 3.8) is 0 Å². The predicted octanol–water partition coefficient (Wildman–Crippen LogP) is 2.72. The summed E-state index contributed by atoms with van der Waals surface area (Å²) >= 11 is 0.